The normalized spacial score (nSPS) is 27.4. The fourth-order valence-electron chi connectivity index (χ4n) is 7.43. The van der Waals surface area contributed by atoms with Gasteiger partial charge in [0.25, 0.3) is 0 Å². The molecule has 45 heavy (non-hydrogen) atoms. The van der Waals surface area contributed by atoms with Gasteiger partial charge in [-0.15, -0.1) is 18.3 Å². The van der Waals surface area contributed by atoms with Gasteiger partial charge >= 0.3 is 0 Å². The second kappa shape index (κ2) is 12.5. The van der Waals surface area contributed by atoms with E-state index >= 15 is 0 Å². The number of benzene rings is 2. The third-order valence-electron chi connectivity index (χ3n) is 9.33. The summed E-state index contributed by atoms with van der Waals surface area (Å²) in [6.45, 7) is 7.79. The van der Waals surface area contributed by atoms with E-state index in [1.807, 2.05) is 54.6 Å². The minimum absolute atomic E-state index is 0.0543. The Bertz CT molecular complexity index is 1620. The number of para-hydroxylation sites is 1. The van der Waals surface area contributed by atoms with Crippen LogP contribution in [-0.4, -0.2) is 108 Å². The summed E-state index contributed by atoms with van der Waals surface area (Å²) in [5.41, 5.74) is 1.06. The Morgan fingerprint density at radius 1 is 1.13 bits per heavy atom. The first-order valence-electron chi connectivity index (χ1n) is 15.1. The van der Waals surface area contributed by atoms with Crippen LogP contribution in [0.1, 0.15) is 12.0 Å². The van der Waals surface area contributed by atoms with Crippen LogP contribution < -0.4 is 0 Å². The van der Waals surface area contributed by atoms with Crippen molar-refractivity contribution in [1.82, 2.24) is 29.7 Å². The summed E-state index contributed by atoms with van der Waals surface area (Å²) >= 11 is 3.73. The number of hydrogen-bond acceptors (Lipinski definition) is 7. The van der Waals surface area contributed by atoms with Crippen molar-refractivity contribution in [2.75, 3.05) is 26.7 Å². The second-order valence-corrected chi connectivity index (χ2v) is 13.2. The third kappa shape index (κ3) is 5.18. The number of carbonyl (C=O) groups is 3. The number of ether oxygens (including phenoxy) is 1. The van der Waals surface area contributed by atoms with Crippen LogP contribution in [-0.2, 0) is 32.2 Å². The Morgan fingerprint density at radius 2 is 1.84 bits per heavy atom. The van der Waals surface area contributed by atoms with Gasteiger partial charge in [0.1, 0.15) is 23.8 Å². The number of nitrogens with zero attached hydrogens (tertiary/aromatic N) is 6. The smallest absolute Gasteiger partial charge is 0.250 e. The predicted octanol–water partition coefficient (Wildman–Crippen LogP) is 2.40. The van der Waals surface area contributed by atoms with Gasteiger partial charge in [0, 0.05) is 25.0 Å². The Kier molecular flexibility index (Phi) is 8.64. The number of hydrogen-bond donors (Lipinski definition) is 1. The number of alkyl halides is 1. The highest BCUT2D eigenvalue weighted by molar-refractivity contribution is 9.09. The first-order valence-corrected chi connectivity index (χ1v) is 16.0. The summed E-state index contributed by atoms with van der Waals surface area (Å²) in [5.74, 6) is -2.67. The molecule has 3 aliphatic rings. The van der Waals surface area contributed by atoms with Gasteiger partial charge in [0.05, 0.1) is 36.1 Å². The van der Waals surface area contributed by atoms with Crippen molar-refractivity contribution in [3.8, 4) is 0 Å². The molecule has 3 aromatic rings. The van der Waals surface area contributed by atoms with Gasteiger partial charge in [0.2, 0.25) is 17.7 Å². The number of likely N-dealkylation sites (tertiary alicyclic amines) is 1. The Hall–Kier alpha value is -3.87. The molecule has 4 heterocycles. The molecule has 0 aliphatic carbocycles. The largest absolute Gasteiger partial charge is 0.394 e. The van der Waals surface area contributed by atoms with Crippen molar-refractivity contribution < 1.29 is 24.2 Å². The van der Waals surface area contributed by atoms with Gasteiger partial charge in [-0.05, 0) is 30.5 Å². The van der Waals surface area contributed by atoms with E-state index in [0.717, 1.165) is 11.1 Å². The zero-order valence-corrected chi connectivity index (χ0v) is 26.7. The number of carbonyl (C=O) groups excluding carboxylic acids is 3. The maximum atomic E-state index is 14.9. The molecule has 7 atom stereocenters. The van der Waals surface area contributed by atoms with E-state index < -0.39 is 35.6 Å². The van der Waals surface area contributed by atoms with E-state index in [0.29, 0.717) is 24.9 Å². The van der Waals surface area contributed by atoms with Gasteiger partial charge in [-0.25, -0.2) is 4.68 Å². The van der Waals surface area contributed by atoms with E-state index in [2.05, 4.69) is 39.4 Å². The zero-order valence-electron chi connectivity index (χ0n) is 25.1. The van der Waals surface area contributed by atoms with Crippen LogP contribution in [0.4, 0.5) is 0 Å². The van der Waals surface area contributed by atoms with Crippen LogP contribution in [0.3, 0.4) is 0 Å². The lowest BCUT2D eigenvalue weighted by atomic mass is 9.70. The van der Waals surface area contributed by atoms with Crippen LogP contribution in [0.5, 0.6) is 0 Å². The van der Waals surface area contributed by atoms with Crippen LogP contribution in [0.15, 0.2) is 79.9 Å². The van der Waals surface area contributed by atoms with Gasteiger partial charge < -0.3 is 24.5 Å². The van der Waals surface area contributed by atoms with Crippen LogP contribution in [0.2, 0.25) is 0 Å². The molecule has 3 saturated heterocycles. The quantitative estimate of drug-likeness (QED) is 0.231. The van der Waals surface area contributed by atoms with Crippen molar-refractivity contribution >= 4 is 44.7 Å². The topological polar surface area (TPSA) is 121 Å². The lowest BCUT2D eigenvalue weighted by Crippen LogP contribution is -2.59. The summed E-state index contributed by atoms with van der Waals surface area (Å²) in [6, 6.07) is 15.2. The molecule has 236 valence electrons. The highest BCUT2D eigenvalue weighted by Crippen LogP contribution is 2.60. The van der Waals surface area contributed by atoms with Crippen LogP contribution >= 0.6 is 15.9 Å². The average Bonchev–Trinajstić information content (AvgIpc) is 3.77. The predicted molar refractivity (Wildman–Crippen MR) is 171 cm³/mol. The molecule has 1 spiro atoms. The van der Waals surface area contributed by atoms with Gasteiger partial charge in [-0.1, -0.05) is 75.8 Å². The summed E-state index contributed by atoms with van der Waals surface area (Å²) in [7, 11) is 1.67. The van der Waals surface area contributed by atoms with Gasteiger partial charge in [0.15, 0.2) is 0 Å². The molecule has 3 amide bonds. The molecule has 1 aromatic heterocycles. The number of aliphatic hydroxyl groups excluding tert-OH is 1. The molecular weight excluding hydrogens is 640 g/mol. The molecule has 12 heteroatoms. The van der Waals surface area contributed by atoms with Crippen molar-refractivity contribution in [2.45, 2.75) is 48.1 Å². The summed E-state index contributed by atoms with van der Waals surface area (Å²) in [6.07, 6.45) is 3.34. The minimum Gasteiger partial charge on any atom is -0.394 e. The highest BCUT2D eigenvalue weighted by Gasteiger charge is 2.77. The molecule has 0 radical (unpaired) electrons. The number of aromatic nitrogens is 3. The van der Waals surface area contributed by atoms with Crippen molar-refractivity contribution in [1.29, 1.82) is 0 Å². The number of fused-ring (bicyclic) bond motifs is 2. The van der Waals surface area contributed by atoms with Crippen LogP contribution in [0, 0.1) is 11.8 Å². The number of amides is 3. The van der Waals surface area contributed by atoms with Gasteiger partial charge in [-0.2, -0.15) is 0 Å². The average molecular weight is 678 g/mol. The molecule has 2 bridgehead atoms. The number of rotatable bonds is 12. The molecule has 11 nitrogen and oxygen atoms in total. The Labute approximate surface area is 270 Å². The standard InChI is InChI=1S/C33H37BrN6O5/c1-4-15-37(3)30(42)26-27-31(43)40(22(19-41)17-21-11-7-6-8-12-21)29(33(27)18-23(34)28(26)45-33)32(44)38(16-5-2)20-39-25-14-10-9-13-24(25)35-36-39/h4-14,22-23,26-29,41H,1-2,15-20H2,3H3/t22-,23?,26-,27+,28-,29?,33?/m1/s1. The van der Waals surface area contributed by atoms with E-state index in [4.69, 9.17) is 4.74 Å². The van der Waals surface area contributed by atoms with Crippen molar-refractivity contribution in [3.63, 3.8) is 0 Å². The van der Waals surface area contributed by atoms with Crippen LogP contribution in [0.25, 0.3) is 11.0 Å². The monoisotopic (exact) mass is 676 g/mol. The fourth-order valence-corrected chi connectivity index (χ4v) is 8.37. The summed E-state index contributed by atoms with van der Waals surface area (Å²) in [4.78, 5) is 47.8. The fraction of sp³-hybridized carbons (Fsp3) is 0.424. The lowest BCUT2D eigenvalue weighted by Gasteiger charge is -2.39. The molecule has 6 rings (SSSR count). The van der Waals surface area contributed by atoms with Crippen molar-refractivity contribution in [2.24, 2.45) is 11.8 Å². The summed E-state index contributed by atoms with van der Waals surface area (Å²) < 4.78 is 8.34. The minimum atomic E-state index is -1.28. The first-order chi connectivity index (χ1) is 21.7. The highest BCUT2D eigenvalue weighted by atomic mass is 79.9. The van der Waals surface area contributed by atoms with E-state index in [1.54, 1.807) is 28.8 Å². The summed E-state index contributed by atoms with van der Waals surface area (Å²) in [5, 5.41) is 19.3. The SMILES string of the molecule is C=CCN(C)C(=O)[C@H]1[C@@H]2OC3(CC2Br)C(C(=O)N(CC=C)Cn2nnc4ccccc42)N([C@@H](CO)Cc2ccccc2)C(=O)[C@H]13. The number of likely N-dealkylation sites (N-methyl/N-ethyl adjacent to an activating group) is 1. The molecule has 1 N–H and O–H groups in total. The Morgan fingerprint density at radius 3 is 2.56 bits per heavy atom. The maximum absolute atomic E-state index is 14.9. The molecular formula is C33H37BrN6O5. The molecule has 3 unspecified atom stereocenters. The lowest BCUT2D eigenvalue weighted by molar-refractivity contribution is -0.152. The molecule has 0 saturated carbocycles. The molecule has 2 aromatic carbocycles. The van der Waals surface area contributed by atoms with Crippen molar-refractivity contribution in [3.05, 3.63) is 85.5 Å². The van der Waals surface area contributed by atoms with Gasteiger partial charge in [-0.3, -0.25) is 14.4 Å². The van der Waals surface area contributed by atoms with E-state index in [1.165, 1.54) is 9.80 Å². The first kappa shape index (κ1) is 31.1. The number of halogens is 1. The second-order valence-electron chi connectivity index (χ2n) is 12.0. The maximum Gasteiger partial charge on any atom is 0.250 e. The van der Waals surface area contributed by atoms with E-state index in [9.17, 15) is 19.5 Å². The third-order valence-corrected chi connectivity index (χ3v) is 10.2. The zero-order chi connectivity index (χ0) is 31.9. The number of aliphatic hydroxyl groups is 1. The molecule has 3 fully saturated rings. The Balaban J connectivity index is 1.43. The van der Waals surface area contributed by atoms with E-state index in [-0.39, 0.29) is 42.4 Å². The molecule has 3 aliphatic heterocycles.